The van der Waals surface area contributed by atoms with E-state index in [4.69, 9.17) is 4.74 Å². The number of aryl methyl sites for hydroxylation is 1. The number of nitrogens with zero attached hydrogens (tertiary/aromatic N) is 1. The van der Waals surface area contributed by atoms with Crippen LogP contribution in [0.5, 0.6) is 0 Å². The minimum Gasteiger partial charge on any atom is -0.478 e. The second kappa shape index (κ2) is 8.00. The van der Waals surface area contributed by atoms with Crippen LogP contribution in [0.4, 0.5) is 4.39 Å². The molecule has 0 aromatic heterocycles. The molecule has 2 atom stereocenters. The molecule has 1 aliphatic carbocycles. The average molecular weight is 438 g/mol. The third-order valence-electron chi connectivity index (χ3n) is 7.59. The van der Waals surface area contributed by atoms with Gasteiger partial charge in [-0.1, -0.05) is 24.3 Å². The van der Waals surface area contributed by atoms with E-state index in [9.17, 15) is 19.1 Å². The van der Waals surface area contributed by atoms with E-state index in [-0.39, 0.29) is 28.8 Å². The number of amides is 1. The molecule has 2 unspecified atom stereocenters. The van der Waals surface area contributed by atoms with E-state index in [1.165, 1.54) is 17.7 Å². The van der Waals surface area contributed by atoms with Crippen molar-refractivity contribution >= 4 is 11.9 Å². The number of benzene rings is 2. The van der Waals surface area contributed by atoms with E-state index in [0.29, 0.717) is 29.2 Å². The second-order valence-corrected chi connectivity index (χ2v) is 9.53. The minimum atomic E-state index is -1.06. The molecule has 6 heteroatoms. The topological polar surface area (TPSA) is 66.8 Å². The molecule has 2 aromatic rings. The molecule has 3 fully saturated rings. The van der Waals surface area contributed by atoms with Gasteiger partial charge in [0.25, 0.3) is 5.91 Å². The Morgan fingerprint density at radius 1 is 1.16 bits per heavy atom. The number of hydrogen-bond acceptors (Lipinski definition) is 3. The Balaban J connectivity index is 1.27. The zero-order valence-electron chi connectivity index (χ0n) is 18.3. The fourth-order valence-corrected chi connectivity index (χ4v) is 5.52. The molecule has 1 saturated carbocycles. The van der Waals surface area contributed by atoms with Crippen molar-refractivity contribution in [2.45, 2.75) is 51.0 Å². The quantitative estimate of drug-likeness (QED) is 0.748. The number of hydrogen-bond donors (Lipinski definition) is 1. The molecule has 0 bridgehead atoms. The highest BCUT2D eigenvalue weighted by atomic mass is 19.1. The van der Waals surface area contributed by atoms with Crippen LogP contribution in [-0.2, 0) is 9.53 Å². The van der Waals surface area contributed by atoms with Crippen molar-refractivity contribution in [3.05, 3.63) is 58.9 Å². The zero-order chi connectivity index (χ0) is 22.5. The van der Waals surface area contributed by atoms with Gasteiger partial charge in [0, 0.05) is 25.3 Å². The van der Waals surface area contributed by atoms with Gasteiger partial charge in [0.1, 0.15) is 11.9 Å². The lowest BCUT2D eigenvalue weighted by Crippen LogP contribution is -2.44. The summed E-state index contributed by atoms with van der Waals surface area (Å²) in [7, 11) is 0. The molecular weight excluding hydrogens is 409 g/mol. The van der Waals surface area contributed by atoms with Crippen LogP contribution in [-0.4, -0.2) is 47.7 Å². The number of ether oxygens (including phenoxy) is 1. The van der Waals surface area contributed by atoms with E-state index in [0.717, 1.165) is 45.2 Å². The van der Waals surface area contributed by atoms with Gasteiger partial charge in [0.15, 0.2) is 0 Å². The summed E-state index contributed by atoms with van der Waals surface area (Å²) in [6, 6.07) is 10.6. The number of likely N-dealkylation sites (tertiary alicyclic amines) is 1. The Bertz CT molecular complexity index is 1050. The van der Waals surface area contributed by atoms with Crippen LogP contribution in [0.1, 0.15) is 59.5 Å². The maximum Gasteiger partial charge on any atom is 0.335 e. The highest BCUT2D eigenvalue weighted by molar-refractivity contribution is 5.90. The lowest BCUT2D eigenvalue weighted by Gasteiger charge is -2.34. The molecule has 0 radical (unpaired) electrons. The van der Waals surface area contributed by atoms with Gasteiger partial charge >= 0.3 is 5.97 Å². The van der Waals surface area contributed by atoms with Crippen LogP contribution >= 0.6 is 0 Å². The summed E-state index contributed by atoms with van der Waals surface area (Å²) < 4.78 is 20.2. The summed E-state index contributed by atoms with van der Waals surface area (Å²) in [6.07, 6.45) is 4.70. The molecule has 2 heterocycles. The minimum absolute atomic E-state index is 0.0911. The van der Waals surface area contributed by atoms with Crippen LogP contribution < -0.4 is 0 Å². The highest BCUT2D eigenvalue weighted by Crippen LogP contribution is 2.65. The Kier molecular flexibility index (Phi) is 5.28. The fourth-order valence-electron chi connectivity index (χ4n) is 5.52. The Morgan fingerprint density at radius 3 is 2.50 bits per heavy atom. The van der Waals surface area contributed by atoms with Crippen molar-refractivity contribution in [2.75, 3.05) is 19.7 Å². The molecule has 2 aromatic carbocycles. The van der Waals surface area contributed by atoms with E-state index in [2.05, 4.69) is 0 Å². The summed E-state index contributed by atoms with van der Waals surface area (Å²) in [4.78, 5) is 25.9. The first kappa shape index (κ1) is 21.1. The van der Waals surface area contributed by atoms with Crippen molar-refractivity contribution in [2.24, 2.45) is 5.41 Å². The summed E-state index contributed by atoms with van der Waals surface area (Å²) >= 11 is 0. The molecule has 168 valence electrons. The number of carbonyl (C=O) groups excluding carboxylic acids is 1. The van der Waals surface area contributed by atoms with Gasteiger partial charge in [-0.2, -0.15) is 0 Å². The van der Waals surface area contributed by atoms with Crippen molar-refractivity contribution < 1.29 is 23.8 Å². The maximum atomic E-state index is 14.7. The first-order valence-electron chi connectivity index (χ1n) is 11.4. The number of carbonyl (C=O) groups is 2. The number of rotatable bonds is 4. The lowest BCUT2D eigenvalue weighted by molar-refractivity contribution is -0.142. The molecule has 5 rings (SSSR count). The normalized spacial score (nSPS) is 24.0. The van der Waals surface area contributed by atoms with E-state index < -0.39 is 5.97 Å². The Morgan fingerprint density at radius 2 is 1.88 bits per heavy atom. The van der Waals surface area contributed by atoms with Crippen LogP contribution in [0.3, 0.4) is 0 Å². The van der Waals surface area contributed by atoms with E-state index in [1.54, 1.807) is 6.92 Å². The molecule has 1 N–H and O–H groups in total. The summed E-state index contributed by atoms with van der Waals surface area (Å²) in [5.41, 5.74) is 2.92. The molecule has 5 nitrogen and oxygen atoms in total. The standard InChI is InChI=1S/C26H28FNO4/c1-16-13-19(25(30)31)14-20(23(16)27)17-4-6-18(7-5-17)21-15-26(21)8-10-28(11-9-26)24(29)22-3-2-12-32-22/h4-7,13-14,21-22H,2-3,8-12,15H2,1H3,(H,30,31). The molecule has 2 aliphatic heterocycles. The van der Waals surface area contributed by atoms with Gasteiger partial charge in [0.2, 0.25) is 0 Å². The van der Waals surface area contributed by atoms with E-state index in [1.807, 2.05) is 29.2 Å². The number of carboxylic acids is 1. The first-order valence-corrected chi connectivity index (χ1v) is 11.4. The molecule has 3 aliphatic rings. The molecule has 32 heavy (non-hydrogen) atoms. The molecule has 1 amide bonds. The SMILES string of the molecule is Cc1cc(C(=O)O)cc(-c2ccc(C3CC34CCN(C(=O)C3CCCO3)CC4)cc2)c1F. The van der Waals surface area contributed by atoms with Gasteiger partial charge in [-0.05, 0) is 79.2 Å². The van der Waals surface area contributed by atoms with Crippen LogP contribution in [0.15, 0.2) is 36.4 Å². The van der Waals surface area contributed by atoms with Crippen LogP contribution in [0.25, 0.3) is 11.1 Å². The summed E-state index contributed by atoms with van der Waals surface area (Å²) in [5.74, 6) is -0.822. The van der Waals surface area contributed by atoms with Gasteiger partial charge in [-0.3, -0.25) is 4.79 Å². The predicted molar refractivity (Wildman–Crippen MR) is 118 cm³/mol. The maximum absolute atomic E-state index is 14.7. The van der Waals surface area contributed by atoms with Gasteiger partial charge in [0.05, 0.1) is 5.56 Å². The largest absolute Gasteiger partial charge is 0.478 e. The number of piperidine rings is 1. The van der Waals surface area contributed by atoms with Crippen LogP contribution in [0, 0.1) is 18.2 Å². The highest BCUT2D eigenvalue weighted by Gasteiger charge is 2.55. The van der Waals surface area contributed by atoms with Crippen molar-refractivity contribution in [1.29, 1.82) is 0 Å². The van der Waals surface area contributed by atoms with Crippen molar-refractivity contribution in [3.63, 3.8) is 0 Å². The lowest BCUT2D eigenvalue weighted by atomic mass is 9.88. The molecule has 1 spiro atoms. The Hall–Kier alpha value is -2.73. The van der Waals surface area contributed by atoms with Gasteiger partial charge < -0.3 is 14.7 Å². The monoisotopic (exact) mass is 437 g/mol. The summed E-state index contributed by atoms with van der Waals surface area (Å²) in [6.45, 7) is 3.86. The number of carboxylic acid groups (broad SMARTS) is 1. The third-order valence-corrected chi connectivity index (χ3v) is 7.59. The van der Waals surface area contributed by atoms with Gasteiger partial charge in [-0.25, -0.2) is 9.18 Å². The number of aromatic carboxylic acids is 1. The van der Waals surface area contributed by atoms with Crippen LogP contribution in [0.2, 0.25) is 0 Å². The number of halogens is 1. The molecule has 2 saturated heterocycles. The fraction of sp³-hybridized carbons (Fsp3) is 0.462. The van der Waals surface area contributed by atoms with Crippen molar-refractivity contribution in [1.82, 2.24) is 4.90 Å². The first-order chi connectivity index (χ1) is 15.4. The third kappa shape index (κ3) is 3.71. The van der Waals surface area contributed by atoms with E-state index >= 15 is 0 Å². The predicted octanol–water partition coefficient (Wildman–Crippen LogP) is 4.77. The molecular formula is C26H28FNO4. The Labute approximate surface area is 187 Å². The average Bonchev–Trinajstić information content (AvgIpc) is 3.21. The smallest absolute Gasteiger partial charge is 0.335 e. The van der Waals surface area contributed by atoms with Gasteiger partial charge in [-0.15, -0.1) is 0 Å². The van der Waals surface area contributed by atoms with Crippen molar-refractivity contribution in [3.8, 4) is 11.1 Å². The second-order valence-electron chi connectivity index (χ2n) is 9.53. The zero-order valence-corrected chi connectivity index (χ0v) is 18.3. The summed E-state index contributed by atoms with van der Waals surface area (Å²) in [5, 5.41) is 9.30.